The zero-order valence-corrected chi connectivity index (χ0v) is 12.0. The highest BCUT2D eigenvalue weighted by Crippen LogP contribution is 2.35. The zero-order chi connectivity index (χ0) is 15.0. The Morgan fingerprint density at radius 2 is 1.24 bits per heavy atom. The van der Waals surface area contributed by atoms with Crippen molar-refractivity contribution in [2.45, 2.75) is 19.4 Å². The monoisotopic (exact) mass is 280 g/mol. The van der Waals surface area contributed by atoms with Gasteiger partial charge in [0.25, 0.3) is 5.91 Å². The largest absolute Gasteiger partial charge is 0.336 e. The number of nitrogens with zero attached hydrogens (tertiary/aromatic N) is 2. The Labute approximate surface area is 123 Å². The van der Waals surface area contributed by atoms with Crippen molar-refractivity contribution in [1.82, 2.24) is 0 Å². The zero-order valence-electron chi connectivity index (χ0n) is 12.0. The predicted molar refractivity (Wildman–Crippen MR) is 82.3 cm³/mol. The fourth-order valence-corrected chi connectivity index (χ4v) is 2.61. The molecule has 1 aliphatic heterocycles. The van der Waals surface area contributed by atoms with Gasteiger partial charge in [0, 0.05) is 5.69 Å². The summed E-state index contributed by atoms with van der Waals surface area (Å²) in [5.74, 6) is -0.220. The second-order valence-electron chi connectivity index (χ2n) is 5.49. The molecule has 0 bridgehead atoms. The maximum absolute atomic E-state index is 12.8. The Morgan fingerprint density at radius 3 is 1.76 bits per heavy atom. The van der Waals surface area contributed by atoms with E-state index in [0.717, 1.165) is 5.69 Å². The molecule has 2 aromatic carbocycles. The molecule has 0 unspecified atom stereocenters. The van der Waals surface area contributed by atoms with E-state index in [2.05, 4.69) is 0 Å². The molecule has 21 heavy (non-hydrogen) atoms. The van der Waals surface area contributed by atoms with Crippen LogP contribution in [0.15, 0.2) is 60.7 Å². The molecule has 0 atom stereocenters. The minimum Gasteiger partial charge on any atom is -0.279 e. The minimum absolute atomic E-state index is 0.220. The van der Waals surface area contributed by atoms with Gasteiger partial charge in [0.15, 0.2) is 0 Å². The number of urea groups is 1. The number of amides is 3. The van der Waals surface area contributed by atoms with Gasteiger partial charge in [0.2, 0.25) is 0 Å². The van der Waals surface area contributed by atoms with E-state index in [1.54, 1.807) is 30.9 Å². The summed E-state index contributed by atoms with van der Waals surface area (Å²) in [7, 11) is 0. The number of anilines is 2. The van der Waals surface area contributed by atoms with Crippen molar-refractivity contribution >= 4 is 23.3 Å². The first-order valence-electron chi connectivity index (χ1n) is 6.82. The summed E-state index contributed by atoms with van der Waals surface area (Å²) in [6.45, 7) is 3.53. The summed E-state index contributed by atoms with van der Waals surface area (Å²) >= 11 is 0. The van der Waals surface area contributed by atoms with E-state index in [1.807, 2.05) is 48.5 Å². The smallest absolute Gasteiger partial charge is 0.279 e. The standard InChI is InChI=1S/C17H16N2O2/c1-17(2)15(20)18(13-9-5-3-6-10-13)16(21)19(17)14-11-7-4-8-12-14/h3-12H,1-2H3. The van der Waals surface area contributed by atoms with Crippen LogP contribution in [0.3, 0.4) is 0 Å². The number of hydrogen-bond donors (Lipinski definition) is 0. The summed E-state index contributed by atoms with van der Waals surface area (Å²) in [6.07, 6.45) is 0. The van der Waals surface area contributed by atoms with Crippen LogP contribution in [0, 0.1) is 0 Å². The molecule has 0 aromatic heterocycles. The Morgan fingerprint density at radius 1 is 0.762 bits per heavy atom. The van der Waals surface area contributed by atoms with Crippen molar-refractivity contribution in [1.29, 1.82) is 0 Å². The number of para-hydroxylation sites is 2. The lowest BCUT2D eigenvalue weighted by molar-refractivity contribution is -0.120. The second-order valence-corrected chi connectivity index (χ2v) is 5.49. The van der Waals surface area contributed by atoms with Crippen LogP contribution in [0.5, 0.6) is 0 Å². The van der Waals surface area contributed by atoms with Crippen molar-refractivity contribution in [2.75, 3.05) is 9.80 Å². The first-order valence-corrected chi connectivity index (χ1v) is 6.82. The first-order chi connectivity index (χ1) is 10.0. The van der Waals surface area contributed by atoms with Gasteiger partial charge in [-0.15, -0.1) is 0 Å². The van der Waals surface area contributed by atoms with Gasteiger partial charge in [-0.05, 0) is 38.1 Å². The number of benzene rings is 2. The molecule has 2 aromatic rings. The lowest BCUT2D eigenvalue weighted by Crippen LogP contribution is -2.44. The average molecular weight is 280 g/mol. The van der Waals surface area contributed by atoms with Crippen molar-refractivity contribution in [2.24, 2.45) is 0 Å². The van der Waals surface area contributed by atoms with Crippen LogP contribution in [0.4, 0.5) is 16.2 Å². The van der Waals surface area contributed by atoms with Crippen LogP contribution >= 0.6 is 0 Å². The minimum atomic E-state index is -0.908. The van der Waals surface area contributed by atoms with E-state index in [-0.39, 0.29) is 11.9 Å². The third kappa shape index (κ3) is 2.00. The third-order valence-electron chi connectivity index (χ3n) is 3.70. The van der Waals surface area contributed by atoms with Crippen molar-refractivity contribution in [3.8, 4) is 0 Å². The molecular formula is C17H16N2O2. The maximum atomic E-state index is 12.8. The molecule has 3 rings (SSSR count). The van der Waals surface area contributed by atoms with Gasteiger partial charge in [0.1, 0.15) is 5.54 Å². The molecule has 0 aliphatic carbocycles. The van der Waals surface area contributed by atoms with Gasteiger partial charge in [0.05, 0.1) is 5.69 Å². The van der Waals surface area contributed by atoms with Crippen LogP contribution in [0.25, 0.3) is 0 Å². The predicted octanol–water partition coefficient (Wildman–Crippen LogP) is 3.44. The van der Waals surface area contributed by atoms with Crippen LogP contribution in [-0.2, 0) is 4.79 Å². The summed E-state index contributed by atoms with van der Waals surface area (Å²) in [5, 5.41) is 0. The van der Waals surface area contributed by atoms with Crippen LogP contribution in [-0.4, -0.2) is 17.5 Å². The molecule has 3 amide bonds. The van der Waals surface area contributed by atoms with E-state index < -0.39 is 5.54 Å². The summed E-state index contributed by atoms with van der Waals surface area (Å²) < 4.78 is 0. The van der Waals surface area contributed by atoms with E-state index in [1.165, 1.54) is 4.90 Å². The topological polar surface area (TPSA) is 40.6 Å². The molecule has 0 N–H and O–H groups in total. The van der Waals surface area contributed by atoms with Crippen LogP contribution < -0.4 is 9.80 Å². The van der Waals surface area contributed by atoms with Crippen LogP contribution in [0.2, 0.25) is 0 Å². The molecule has 4 nitrogen and oxygen atoms in total. The van der Waals surface area contributed by atoms with Gasteiger partial charge >= 0.3 is 6.03 Å². The fraction of sp³-hybridized carbons (Fsp3) is 0.176. The Balaban J connectivity index is 2.08. The Hall–Kier alpha value is -2.62. The number of hydrogen-bond acceptors (Lipinski definition) is 2. The molecule has 1 aliphatic rings. The normalized spacial score (nSPS) is 17.4. The summed E-state index contributed by atoms with van der Waals surface area (Å²) in [5.41, 5.74) is 0.409. The van der Waals surface area contributed by atoms with Crippen molar-refractivity contribution in [3.05, 3.63) is 60.7 Å². The molecule has 1 saturated heterocycles. The van der Waals surface area contributed by atoms with Crippen molar-refractivity contribution < 1.29 is 9.59 Å². The summed E-state index contributed by atoms with van der Waals surface area (Å²) in [4.78, 5) is 28.2. The Bertz CT molecular complexity index is 680. The maximum Gasteiger partial charge on any atom is 0.336 e. The van der Waals surface area contributed by atoms with Crippen LogP contribution in [0.1, 0.15) is 13.8 Å². The molecule has 1 heterocycles. The third-order valence-corrected chi connectivity index (χ3v) is 3.70. The molecule has 0 saturated carbocycles. The quantitative estimate of drug-likeness (QED) is 0.791. The first kappa shape index (κ1) is 13.4. The van der Waals surface area contributed by atoms with E-state index in [0.29, 0.717) is 5.69 Å². The van der Waals surface area contributed by atoms with E-state index in [9.17, 15) is 9.59 Å². The highest BCUT2D eigenvalue weighted by molar-refractivity contribution is 6.30. The van der Waals surface area contributed by atoms with Gasteiger partial charge < -0.3 is 0 Å². The van der Waals surface area contributed by atoms with Gasteiger partial charge in [-0.25, -0.2) is 9.69 Å². The molecule has 0 spiro atoms. The molecule has 106 valence electrons. The summed E-state index contributed by atoms with van der Waals surface area (Å²) in [6, 6.07) is 18.0. The van der Waals surface area contributed by atoms with Gasteiger partial charge in [-0.1, -0.05) is 36.4 Å². The average Bonchev–Trinajstić information content (AvgIpc) is 2.67. The highest BCUT2D eigenvalue weighted by Gasteiger charge is 2.52. The highest BCUT2D eigenvalue weighted by atomic mass is 16.2. The SMILES string of the molecule is CC1(C)C(=O)N(c2ccccc2)C(=O)N1c1ccccc1. The number of rotatable bonds is 2. The molecule has 1 fully saturated rings. The Kier molecular flexibility index (Phi) is 3.01. The number of imide groups is 1. The van der Waals surface area contributed by atoms with E-state index in [4.69, 9.17) is 0 Å². The molecular weight excluding hydrogens is 264 g/mol. The van der Waals surface area contributed by atoms with E-state index >= 15 is 0 Å². The lowest BCUT2D eigenvalue weighted by atomic mass is 10.0. The number of carbonyl (C=O) groups excluding carboxylic acids is 2. The lowest BCUT2D eigenvalue weighted by Gasteiger charge is -2.27. The van der Waals surface area contributed by atoms with Gasteiger partial charge in [-0.3, -0.25) is 9.69 Å². The fourth-order valence-electron chi connectivity index (χ4n) is 2.61. The number of carbonyl (C=O) groups is 2. The molecule has 0 radical (unpaired) electrons. The van der Waals surface area contributed by atoms with Crippen molar-refractivity contribution in [3.63, 3.8) is 0 Å². The molecule has 4 heteroatoms. The van der Waals surface area contributed by atoms with Gasteiger partial charge in [-0.2, -0.15) is 0 Å². The second kappa shape index (κ2) is 4.74.